The standard InChI is InChI=1S/C14H16N2OS/c17-14(16-10-5-7-18-8-6-10)12-9-15-13-4-2-1-3-11(12)13/h1-4,9-10,15H,5-8H2,(H,16,17). The Morgan fingerprint density at radius 1 is 1.28 bits per heavy atom. The zero-order chi connectivity index (χ0) is 12.4. The Morgan fingerprint density at radius 2 is 2.06 bits per heavy atom. The Balaban J connectivity index is 1.79. The van der Waals surface area contributed by atoms with E-state index in [0.717, 1.165) is 40.8 Å². The van der Waals surface area contributed by atoms with Gasteiger partial charge in [-0.05, 0) is 30.4 Å². The van der Waals surface area contributed by atoms with Crippen molar-refractivity contribution in [2.24, 2.45) is 0 Å². The summed E-state index contributed by atoms with van der Waals surface area (Å²) in [6.07, 6.45) is 3.97. The van der Waals surface area contributed by atoms with E-state index in [1.54, 1.807) is 6.20 Å². The van der Waals surface area contributed by atoms with Crippen molar-refractivity contribution in [3.63, 3.8) is 0 Å². The van der Waals surface area contributed by atoms with Gasteiger partial charge in [0.15, 0.2) is 0 Å². The first-order chi connectivity index (χ1) is 8.84. The van der Waals surface area contributed by atoms with Gasteiger partial charge in [0.1, 0.15) is 0 Å². The molecule has 1 aromatic heterocycles. The van der Waals surface area contributed by atoms with E-state index in [9.17, 15) is 4.79 Å². The van der Waals surface area contributed by atoms with Crippen molar-refractivity contribution >= 4 is 28.6 Å². The third-order valence-electron chi connectivity index (χ3n) is 3.39. The van der Waals surface area contributed by atoms with Gasteiger partial charge in [0.05, 0.1) is 5.56 Å². The maximum absolute atomic E-state index is 12.3. The molecule has 94 valence electrons. The van der Waals surface area contributed by atoms with E-state index in [-0.39, 0.29) is 5.91 Å². The molecule has 0 bridgehead atoms. The van der Waals surface area contributed by atoms with Crippen molar-refractivity contribution < 1.29 is 4.79 Å². The van der Waals surface area contributed by atoms with Gasteiger partial charge in [0.25, 0.3) is 5.91 Å². The number of carbonyl (C=O) groups excluding carboxylic acids is 1. The number of amides is 1. The number of benzene rings is 1. The summed E-state index contributed by atoms with van der Waals surface area (Å²) in [5.41, 5.74) is 1.77. The number of nitrogens with one attached hydrogen (secondary N) is 2. The molecule has 1 fully saturated rings. The summed E-state index contributed by atoms with van der Waals surface area (Å²) in [5, 5.41) is 4.14. The van der Waals surface area contributed by atoms with Gasteiger partial charge in [-0.3, -0.25) is 4.79 Å². The summed E-state index contributed by atoms with van der Waals surface area (Å²) in [6, 6.07) is 8.25. The predicted molar refractivity (Wildman–Crippen MR) is 76.1 cm³/mol. The van der Waals surface area contributed by atoms with Crippen LogP contribution >= 0.6 is 11.8 Å². The number of carbonyl (C=O) groups is 1. The van der Waals surface area contributed by atoms with Crippen LogP contribution in [0.1, 0.15) is 23.2 Å². The molecule has 2 aromatic rings. The van der Waals surface area contributed by atoms with Gasteiger partial charge in [-0.25, -0.2) is 0 Å². The highest BCUT2D eigenvalue weighted by Gasteiger charge is 2.18. The summed E-state index contributed by atoms with van der Waals surface area (Å²) in [7, 11) is 0. The average molecular weight is 260 g/mol. The number of thioether (sulfide) groups is 1. The molecule has 1 amide bonds. The van der Waals surface area contributed by atoms with E-state index in [2.05, 4.69) is 10.3 Å². The number of aromatic nitrogens is 1. The highest BCUT2D eigenvalue weighted by molar-refractivity contribution is 7.99. The lowest BCUT2D eigenvalue weighted by Crippen LogP contribution is -2.37. The minimum atomic E-state index is 0.0457. The molecule has 0 spiro atoms. The van der Waals surface area contributed by atoms with Gasteiger partial charge in [0.2, 0.25) is 0 Å². The molecule has 0 aliphatic carbocycles. The van der Waals surface area contributed by atoms with Crippen molar-refractivity contribution in [3.05, 3.63) is 36.0 Å². The van der Waals surface area contributed by atoms with E-state index < -0.39 is 0 Å². The van der Waals surface area contributed by atoms with Crippen molar-refractivity contribution in [1.82, 2.24) is 10.3 Å². The molecule has 0 radical (unpaired) electrons. The number of fused-ring (bicyclic) bond motifs is 1. The third kappa shape index (κ3) is 2.25. The molecular weight excluding hydrogens is 244 g/mol. The molecule has 1 saturated heterocycles. The lowest BCUT2D eigenvalue weighted by molar-refractivity contribution is 0.0936. The molecule has 3 nitrogen and oxygen atoms in total. The highest BCUT2D eigenvalue weighted by Crippen LogP contribution is 2.20. The van der Waals surface area contributed by atoms with E-state index in [1.165, 1.54) is 0 Å². The van der Waals surface area contributed by atoms with E-state index in [1.807, 2.05) is 36.0 Å². The Labute approximate surface area is 110 Å². The topological polar surface area (TPSA) is 44.9 Å². The van der Waals surface area contributed by atoms with Crippen LogP contribution in [0.5, 0.6) is 0 Å². The molecule has 0 unspecified atom stereocenters. The molecule has 18 heavy (non-hydrogen) atoms. The molecule has 2 N–H and O–H groups in total. The first-order valence-electron chi connectivity index (χ1n) is 6.29. The molecule has 2 heterocycles. The quantitative estimate of drug-likeness (QED) is 0.872. The minimum absolute atomic E-state index is 0.0457. The lowest BCUT2D eigenvalue weighted by atomic mass is 10.1. The first kappa shape index (κ1) is 11.7. The molecular formula is C14H16N2OS. The van der Waals surface area contributed by atoms with E-state index >= 15 is 0 Å². The van der Waals surface area contributed by atoms with Crippen molar-refractivity contribution in [3.8, 4) is 0 Å². The summed E-state index contributed by atoms with van der Waals surface area (Å²) >= 11 is 1.97. The van der Waals surface area contributed by atoms with Gasteiger partial charge in [-0.15, -0.1) is 0 Å². The maximum Gasteiger partial charge on any atom is 0.253 e. The second-order valence-corrected chi connectivity index (χ2v) is 5.83. The zero-order valence-electron chi connectivity index (χ0n) is 10.1. The highest BCUT2D eigenvalue weighted by atomic mass is 32.2. The predicted octanol–water partition coefficient (Wildman–Crippen LogP) is 2.79. The number of H-pyrrole nitrogens is 1. The van der Waals surface area contributed by atoms with Crippen LogP contribution in [0.25, 0.3) is 10.9 Å². The van der Waals surface area contributed by atoms with Gasteiger partial charge < -0.3 is 10.3 Å². The van der Waals surface area contributed by atoms with Crippen LogP contribution in [-0.4, -0.2) is 28.4 Å². The Bertz CT molecular complexity index is 558. The monoisotopic (exact) mass is 260 g/mol. The van der Waals surface area contributed by atoms with Crippen LogP contribution < -0.4 is 5.32 Å². The first-order valence-corrected chi connectivity index (χ1v) is 7.45. The van der Waals surface area contributed by atoms with Gasteiger partial charge in [-0.2, -0.15) is 11.8 Å². The molecule has 0 saturated carbocycles. The Morgan fingerprint density at radius 3 is 2.89 bits per heavy atom. The van der Waals surface area contributed by atoms with Crippen LogP contribution in [-0.2, 0) is 0 Å². The van der Waals surface area contributed by atoms with Gasteiger partial charge >= 0.3 is 0 Å². The number of para-hydroxylation sites is 1. The summed E-state index contributed by atoms with van der Waals surface area (Å²) in [6.45, 7) is 0. The molecule has 1 aliphatic heterocycles. The molecule has 1 aromatic carbocycles. The number of hydrogen-bond donors (Lipinski definition) is 2. The van der Waals surface area contributed by atoms with Gasteiger partial charge in [-0.1, -0.05) is 18.2 Å². The fourth-order valence-corrected chi connectivity index (χ4v) is 3.47. The van der Waals surface area contributed by atoms with Crippen molar-refractivity contribution in [2.45, 2.75) is 18.9 Å². The SMILES string of the molecule is O=C(NC1CCSCC1)c1c[nH]c2ccccc12. The van der Waals surface area contributed by atoms with Crippen LogP contribution in [0.3, 0.4) is 0 Å². The smallest absolute Gasteiger partial charge is 0.253 e. The third-order valence-corrected chi connectivity index (χ3v) is 4.44. The van der Waals surface area contributed by atoms with Gasteiger partial charge in [0, 0.05) is 23.1 Å². The lowest BCUT2D eigenvalue weighted by Gasteiger charge is -2.22. The van der Waals surface area contributed by atoms with Crippen molar-refractivity contribution in [2.75, 3.05) is 11.5 Å². The average Bonchev–Trinajstić information content (AvgIpc) is 2.84. The number of hydrogen-bond acceptors (Lipinski definition) is 2. The Hall–Kier alpha value is -1.42. The fourth-order valence-electron chi connectivity index (χ4n) is 2.36. The second kappa shape index (κ2) is 5.06. The fraction of sp³-hybridized carbons (Fsp3) is 0.357. The summed E-state index contributed by atoms with van der Waals surface area (Å²) in [4.78, 5) is 15.4. The van der Waals surface area contributed by atoms with Crippen LogP contribution in [0, 0.1) is 0 Å². The normalized spacial score (nSPS) is 16.9. The molecule has 4 heteroatoms. The van der Waals surface area contributed by atoms with Crippen LogP contribution in [0.15, 0.2) is 30.5 Å². The molecule has 1 aliphatic rings. The molecule has 0 atom stereocenters. The number of aromatic amines is 1. The Kier molecular flexibility index (Phi) is 3.28. The minimum Gasteiger partial charge on any atom is -0.360 e. The second-order valence-electron chi connectivity index (χ2n) is 4.61. The largest absolute Gasteiger partial charge is 0.360 e. The zero-order valence-corrected chi connectivity index (χ0v) is 10.9. The van der Waals surface area contributed by atoms with Crippen molar-refractivity contribution in [1.29, 1.82) is 0 Å². The van der Waals surface area contributed by atoms with Crippen LogP contribution in [0.4, 0.5) is 0 Å². The van der Waals surface area contributed by atoms with Crippen LogP contribution in [0.2, 0.25) is 0 Å². The summed E-state index contributed by atoms with van der Waals surface area (Å²) < 4.78 is 0. The summed E-state index contributed by atoms with van der Waals surface area (Å²) in [5.74, 6) is 2.35. The molecule has 3 rings (SSSR count). The number of rotatable bonds is 2. The van der Waals surface area contributed by atoms with E-state index in [0.29, 0.717) is 6.04 Å². The maximum atomic E-state index is 12.3. The van der Waals surface area contributed by atoms with E-state index in [4.69, 9.17) is 0 Å².